The fraction of sp³-hybridized carbons (Fsp3) is 0.0909. The number of rotatable bonds is 3. The maximum Gasteiger partial charge on any atom is 0.345 e. The van der Waals surface area contributed by atoms with Gasteiger partial charge in [-0.15, -0.1) is 11.3 Å². The van der Waals surface area contributed by atoms with E-state index in [0.29, 0.717) is 10.8 Å². The number of aromatic carboxylic acids is 1. The van der Waals surface area contributed by atoms with E-state index in [2.05, 4.69) is 4.98 Å². The Kier molecular flexibility index (Phi) is 2.87. The number of hydrogen-bond acceptors (Lipinski definition) is 4. The first kappa shape index (κ1) is 10.6. The van der Waals surface area contributed by atoms with E-state index in [9.17, 15) is 4.79 Å². The molecular formula is C11H9NO3S. The molecule has 0 radical (unpaired) electrons. The Morgan fingerprint density at radius 2 is 2.19 bits per heavy atom. The van der Waals surface area contributed by atoms with E-state index in [0.717, 1.165) is 10.4 Å². The van der Waals surface area contributed by atoms with Crippen molar-refractivity contribution in [2.75, 3.05) is 7.11 Å². The third-order valence-electron chi connectivity index (χ3n) is 2.05. The van der Waals surface area contributed by atoms with E-state index in [-0.39, 0.29) is 0 Å². The number of pyridine rings is 1. The molecule has 0 amide bonds. The van der Waals surface area contributed by atoms with Crippen molar-refractivity contribution in [2.24, 2.45) is 0 Å². The minimum absolute atomic E-state index is 0.325. The summed E-state index contributed by atoms with van der Waals surface area (Å²) in [6.07, 6.45) is 1.66. The van der Waals surface area contributed by atoms with Crippen molar-refractivity contribution in [3.05, 3.63) is 35.3 Å². The van der Waals surface area contributed by atoms with Crippen molar-refractivity contribution < 1.29 is 14.6 Å². The Morgan fingerprint density at radius 3 is 2.69 bits per heavy atom. The second kappa shape index (κ2) is 4.32. The van der Waals surface area contributed by atoms with Gasteiger partial charge in [0.15, 0.2) is 0 Å². The lowest BCUT2D eigenvalue weighted by molar-refractivity contribution is 0.0702. The van der Waals surface area contributed by atoms with Gasteiger partial charge in [0, 0.05) is 22.7 Å². The number of thiophene rings is 1. The molecule has 0 unspecified atom stereocenters. The van der Waals surface area contributed by atoms with Crippen LogP contribution in [0.4, 0.5) is 0 Å². The highest BCUT2D eigenvalue weighted by Gasteiger charge is 2.08. The molecular weight excluding hydrogens is 226 g/mol. The van der Waals surface area contributed by atoms with Gasteiger partial charge in [-0.3, -0.25) is 0 Å². The van der Waals surface area contributed by atoms with Crippen LogP contribution in [0.5, 0.6) is 5.88 Å². The lowest BCUT2D eigenvalue weighted by Crippen LogP contribution is -1.89. The van der Waals surface area contributed by atoms with E-state index in [1.807, 2.05) is 6.07 Å². The molecule has 16 heavy (non-hydrogen) atoms. The maximum absolute atomic E-state index is 10.7. The molecule has 2 rings (SSSR count). The predicted molar refractivity (Wildman–Crippen MR) is 61.1 cm³/mol. The van der Waals surface area contributed by atoms with Crippen LogP contribution in [0.15, 0.2) is 30.5 Å². The van der Waals surface area contributed by atoms with E-state index in [1.54, 1.807) is 31.5 Å². The van der Waals surface area contributed by atoms with Crippen LogP contribution in [0.2, 0.25) is 0 Å². The van der Waals surface area contributed by atoms with Gasteiger partial charge in [-0.25, -0.2) is 9.78 Å². The van der Waals surface area contributed by atoms with Gasteiger partial charge in [0.25, 0.3) is 0 Å². The van der Waals surface area contributed by atoms with Crippen LogP contribution >= 0.6 is 11.3 Å². The average Bonchev–Trinajstić information content (AvgIpc) is 2.78. The number of aromatic nitrogens is 1. The molecule has 0 bridgehead atoms. The first-order chi connectivity index (χ1) is 7.70. The van der Waals surface area contributed by atoms with Crippen molar-refractivity contribution in [1.82, 2.24) is 4.98 Å². The highest BCUT2D eigenvalue weighted by molar-refractivity contribution is 7.17. The van der Waals surface area contributed by atoms with Crippen molar-refractivity contribution in [2.45, 2.75) is 0 Å². The second-order valence-electron chi connectivity index (χ2n) is 3.06. The number of nitrogens with zero attached hydrogens (tertiary/aromatic N) is 1. The van der Waals surface area contributed by atoms with Crippen molar-refractivity contribution in [1.29, 1.82) is 0 Å². The summed E-state index contributed by atoms with van der Waals surface area (Å²) in [5.41, 5.74) is 0.887. The Morgan fingerprint density at radius 1 is 1.38 bits per heavy atom. The quantitative estimate of drug-likeness (QED) is 0.888. The molecule has 0 aliphatic carbocycles. The highest BCUT2D eigenvalue weighted by atomic mass is 32.1. The lowest BCUT2D eigenvalue weighted by atomic mass is 10.2. The van der Waals surface area contributed by atoms with Gasteiger partial charge < -0.3 is 9.84 Å². The van der Waals surface area contributed by atoms with Crippen LogP contribution in [-0.2, 0) is 0 Å². The molecule has 0 aromatic carbocycles. The number of carboxylic acid groups (broad SMARTS) is 1. The number of ether oxygens (including phenoxy) is 1. The van der Waals surface area contributed by atoms with Gasteiger partial charge in [-0.05, 0) is 18.2 Å². The first-order valence-electron chi connectivity index (χ1n) is 4.54. The number of hydrogen-bond donors (Lipinski definition) is 1. The molecule has 2 aromatic heterocycles. The van der Waals surface area contributed by atoms with Crippen LogP contribution in [0, 0.1) is 0 Å². The van der Waals surface area contributed by atoms with Crippen molar-refractivity contribution in [3.8, 4) is 16.3 Å². The van der Waals surface area contributed by atoms with E-state index >= 15 is 0 Å². The van der Waals surface area contributed by atoms with E-state index < -0.39 is 5.97 Å². The highest BCUT2D eigenvalue weighted by Crippen LogP contribution is 2.28. The zero-order chi connectivity index (χ0) is 11.5. The molecule has 0 saturated carbocycles. The molecule has 1 N–H and O–H groups in total. The summed E-state index contributed by atoms with van der Waals surface area (Å²) in [5, 5.41) is 8.80. The molecule has 0 aliphatic heterocycles. The van der Waals surface area contributed by atoms with Crippen LogP contribution in [0.1, 0.15) is 9.67 Å². The Hall–Kier alpha value is -1.88. The predicted octanol–water partition coefficient (Wildman–Crippen LogP) is 2.52. The van der Waals surface area contributed by atoms with E-state index in [4.69, 9.17) is 9.84 Å². The van der Waals surface area contributed by atoms with Gasteiger partial charge in [0.1, 0.15) is 4.88 Å². The topological polar surface area (TPSA) is 59.4 Å². The molecule has 0 spiro atoms. The molecule has 0 atom stereocenters. The molecule has 4 nitrogen and oxygen atoms in total. The largest absolute Gasteiger partial charge is 0.481 e. The Bertz CT molecular complexity index is 504. The summed E-state index contributed by atoms with van der Waals surface area (Å²) < 4.78 is 4.95. The summed E-state index contributed by atoms with van der Waals surface area (Å²) >= 11 is 1.23. The molecule has 2 aromatic rings. The normalized spacial score (nSPS) is 10.1. The van der Waals surface area contributed by atoms with Gasteiger partial charge in [-0.2, -0.15) is 0 Å². The molecule has 5 heteroatoms. The maximum atomic E-state index is 10.7. The molecule has 82 valence electrons. The Balaban J connectivity index is 2.31. The van der Waals surface area contributed by atoms with E-state index in [1.165, 1.54) is 11.3 Å². The number of methoxy groups -OCH3 is 1. The Labute approximate surface area is 96.1 Å². The fourth-order valence-corrected chi connectivity index (χ4v) is 2.09. The average molecular weight is 235 g/mol. The van der Waals surface area contributed by atoms with Crippen LogP contribution in [-0.4, -0.2) is 23.2 Å². The third-order valence-corrected chi connectivity index (χ3v) is 3.17. The monoisotopic (exact) mass is 235 g/mol. The molecule has 0 fully saturated rings. The molecule has 0 aliphatic rings. The third kappa shape index (κ3) is 2.04. The molecule has 0 saturated heterocycles. The van der Waals surface area contributed by atoms with Crippen molar-refractivity contribution >= 4 is 17.3 Å². The zero-order valence-corrected chi connectivity index (χ0v) is 9.32. The van der Waals surface area contributed by atoms with Gasteiger partial charge in [0.05, 0.1) is 7.11 Å². The summed E-state index contributed by atoms with van der Waals surface area (Å²) in [5.74, 6) is -0.364. The summed E-state index contributed by atoms with van der Waals surface area (Å²) in [6, 6.07) is 6.96. The van der Waals surface area contributed by atoms with Gasteiger partial charge >= 0.3 is 5.97 Å². The summed E-state index contributed by atoms with van der Waals surface area (Å²) in [7, 11) is 1.55. The number of carbonyl (C=O) groups is 1. The first-order valence-corrected chi connectivity index (χ1v) is 5.36. The lowest BCUT2D eigenvalue weighted by Gasteiger charge is -1.99. The van der Waals surface area contributed by atoms with Gasteiger partial charge in [0.2, 0.25) is 5.88 Å². The summed E-state index contributed by atoms with van der Waals surface area (Å²) in [4.78, 5) is 16.0. The summed E-state index contributed by atoms with van der Waals surface area (Å²) in [6.45, 7) is 0. The van der Waals surface area contributed by atoms with Crippen LogP contribution in [0.3, 0.4) is 0 Å². The van der Waals surface area contributed by atoms with Crippen molar-refractivity contribution in [3.63, 3.8) is 0 Å². The second-order valence-corrected chi connectivity index (χ2v) is 4.14. The minimum atomic E-state index is -0.905. The standard InChI is InChI=1S/C11H9NO3S/c1-15-10-5-2-7(6-12-10)8-3-4-9(16-8)11(13)14/h2-6H,1H3,(H,13,14). The fourth-order valence-electron chi connectivity index (χ4n) is 1.25. The minimum Gasteiger partial charge on any atom is -0.481 e. The van der Waals surface area contributed by atoms with Crippen LogP contribution < -0.4 is 4.74 Å². The zero-order valence-electron chi connectivity index (χ0n) is 8.51. The SMILES string of the molecule is COc1ccc(-c2ccc(C(=O)O)s2)cn1. The molecule has 2 heterocycles. The van der Waals surface area contributed by atoms with Crippen LogP contribution in [0.25, 0.3) is 10.4 Å². The smallest absolute Gasteiger partial charge is 0.345 e. The number of carboxylic acids is 1. The van der Waals surface area contributed by atoms with Gasteiger partial charge in [-0.1, -0.05) is 0 Å².